The fraction of sp³-hybridized carbons (Fsp3) is 0.0500. The first-order valence-electron chi connectivity index (χ1n) is 7.91. The Balaban J connectivity index is 1.77. The van der Waals surface area contributed by atoms with E-state index in [1.807, 2.05) is 55.5 Å². The maximum absolute atomic E-state index is 9.31. The van der Waals surface area contributed by atoms with E-state index in [1.165, 1.54) is 0 Å². The van der Waals surface area contributed by atoms with Crippen molar-refractivity contribution < 1.29 is 0 Å². The van der Waals surface area contributed by atoms with E-state index in [-0.39, 0.29) is 0 Å². The lowest BCUT2D eigenvalue weighted by molar-refractivity contribution is 1.12. The smallest absolute Gasteiger partial charge is 0.101 e. The van der Waals surface area contributed by atoms with Gasteiger partial charge in [-0.25, -0.2) is 0 Å². The van der Waals surface area contributed by atoms with Crippen LogP contribution in [-0.2, 0) is 0 Å². The number of aromatic amines is 1. The number of anilines is 2. The number of hydrogen-bond acceptors (Lipinski definition) is 4. The summed E-state index contributed by atoms with van der Waals surface area (Å²) in [6, 6.07) is 17.8. The maximum atomic E-state index is 9.31. The second-order valence-electron chi connectivity index (χ2n) is 5.85. The zero-order valence-corrected chi connectivity index (χ0v) is 13.6. The van der Waals surface area contributed by atoms with Gasteiger partial charge in [-0.1, -0.05) is 6.07 Å². The highest BCUT2D eigenvalue weighted by molar-refractivity contribution is 5.95. The first-order valence-corrected chi connectivity index (χ1v) is 7.91. The Labute approximate surface area is 145 Å². The van der Waals surface area contributed by atoms with Crippen molar-refractivity contribution in [1.29, 1.82) is 5.26 Å². The molecule has 120 valence electrons. The maximum Gasteiger partial charge on any atom is 0.101 e. The summed E-state index contributed by atoms with van der Waals surface area (Å²) in [5, 5.41) is 21.2. The Kier molecular flexibility index (Phi) is 3.64. The van der Waals surface area contributed by atoms with Crippen LogP contribution in [0.1, 0.15) is 11.1 Å². The molecular formula is C20H15N5. The number of hydrogen-bond donors (Lipinski definition) is 2. The molecule has 4 rings (SSSR count). The molecule has 0 aliphatic rings. The van der Waals surface area contributed by atoms with E-state index in [0.717, 1.165) is 39.1 Å². The predicted octanol–water partition coefficient (Wildman–Crippen LogP) is 4.55. The average molecular weight is 325 g/mol. The number of aromatic nitrogens is 3. The summed E-state index contributed by atoms with van der Waals surface area (Å²) >= 11 is 0. The van der Waals surface area contributed by atoms with Crippen molar-refractivity contribution >= 4 is 22.3 Å². The van der Waals surface area contributed by atoms with Crippen molar-refractivity contribution in [3.63, 3.8) is 0 Å². The first kappa shape index (κ1) is 14.9. The Morgan fingerprint density at radius 2 is 1.88 bits per heavy atom. The molecule has 5 nitrogen and oxygen atoms in total. The first-order chi connectivity index (χ1) is 12.2. The summed E-state index contributed by atoms with van der Waals surface area (Å²) in [6.07, 6.45) is 3.51. The molecule has 0 amide bonds. The van der Waals surface area contributed by atoms with Crippen molar-refractivity contribution in [2.45, 2.75) is 6.92 Å². The van der Waals surface area contributed by atoms with Crippen LogP contribution in [0.3, 0.4) is 0 Å². The molecule has 5 heteroatoms. The number of aryl methyl sites for hydroxylation is 1. The van der Waals surface area contributed by atoms with Crippen LogP contribution < -0.4 is 5.32 Å². The van der Waals surface area contributed by atoms with Gasteiger partial charge in [-0.2, -0.15) is 10.4 Å². The van der Waals surface area contributed by atoms with E-state index in [1.54, 1.807) is 12.4 Å². The monoisotopic (exact) mass is 325 g/mol. The molecule has 0 atom stereocenters. The highest BCUT2D eigenvalue weighted by Gasteiger charge is 2.10. The van der Waals surface area contributed by atoms with Gasteiger partial charge in [0.2, 0.25) is 0 Å². The highest BCUT2D eigenvalue weighted by Crippen LogP contribution is 2.30. The molecule has 2 aromatic carbocycles. The SMILES string of the molecule is Cc1ccc(C#N)c(Nc2ccc3[nH]nc(-c4ccncc4)c3c2)c1. The van der Waals surface area contributed by atoms with Crippen LogP contribution in [0.15, 0.2) is 60.9 Å². The molecule has 0 saturated carbocycles. The van der Waals surface area contributed by atoms with E-state index < -0.39 is 0 Å². The van der Waals surface area contributed by atoms with Crippen LogP contribution in [0.2, 0.25) is 0 Å². The minimum atomic E-state index is 0.618. The Hall–Kier alpha value is -3.65. The number of benzene rings is 2. The third kappa shape index (κ3) is 2.81. The van der Waals surface area contributed by atoms with Gasteiger partial charge < -0.3 is 5.32 Å². The van der Waals surface area contributed by atoms with Crippen molar-refractivity contribution in [3.05, 3.63) is 72.1 Å². The zero-order valence-electron chi connectivity index (χ0n) is 13.6. The van der Waals surface area contributed by atoms with E-state index in [9.17, 15) is 5.26 Å². The van der Waals surface area contributed by atoms with Crippen molar-refractivity contribution in [3.8, 4) is 17.3 Å². The van der Waals surface area contributed by atoms with E-state index in [0.29, 0.717) is 5.56 Å². The van der Waals surface area contributed by atoms with Crippen LogP contribution >= 0.6 is 0 Å². The molecule has 2 aromatic heterocycles. The molecule has 0 aliphatic heterocycles. The fourth-order valence-electron chi connectivity index (χ4n) is 2.84. The van der Waals surface area contributed by atoms with Crippen LogP contribution in [0.5, 0.6) is 0 Å². The summed E-state index contributed by atoms with van der Waals surface area (Å²) in [5.74, 6) is 0. The molecule has 0 aliphatic carbocycles. The molecule has 2 N–H and O–H groups in total. The second kappa shape index (κ2) is 6.10. The van der Waals surface area contributed by atoms with Crippen LogP contribution in [-0.4, -0.2) is 15.2 Å². The quantitative estimate of drug-likeness (QED) is 0.579. The minimum absolute atomic E-state index is 0.618. The van der Waals surface area contributed by atoms with Crippen LogP contribution in [0.25, 0.3) is 22.2 Å². The van der Waals surface area contributed by atoms with Gasteiger partial charge in [0, 0.05) is 29.0 Å². The molecule has 0 bridgehead atoms. The summed E-state index contributed by atoms with van der Waals surface area (Å²) in [5.41, 5.74) is 6.28. The number of fused-ring (bicyclic) bond motifs is 1. The number of nitriles is 1. The number of nitrogens with one attached hydrogen (secondary N) is 2. The number of H-pyrrole nitrogens is 1. The van der Waals surface area contributed by atoms with Crippen molar-refractivity contribution in [1.82, 2.24) is 15.2 Å². The normalized spacial score (nSPS) is 10.6. The minimum Gasteiger partial charge on any atom is -0.354 e. The molecular weight excluding hydrogens is 310 g/mol. The van der Waals surface area contributed by atoms with Crippen LogP contribution in [0.4, 0.5) is 11.4 Å². The molecule has 0 radical (unpaired) electrons. The average Bonchev–Trinajstić information content (AvgIpc) is 3.06. The topological polar surface area (TPSA) is 77.4 Å². The second-order valence-corrected chi connectivity index (χ2v) is 5.85. The van der Waals surface area contributed by atoms with Crippen molar-refractivity contribution in [2.24, 2.45) is 0 Å². The number of nitrogens with zero attached hydrogens (tertiary/aromatic N) is 3. The Bertz CT molecular complexity index is 1090. The summed E-state index contributed by atoms with van der Waals surface area (Å²) < 4.78 is 0. The van der Waals surface area contributed by atoms with Gasteiger partial charge in [0.15, 0.2) is 0 Å². The third-order valence-corrected chi connectivity index (χ3v) is 4.09. The molecule has 0 unspecified atom stereocenters. The lowest BCUT2D eigenvalue weighted by Crippen LogP contribution is -1.94. The lowest BCUT2D eigenvalue weighted by atomic mass is 10.1. The molecule has 0 spiro atoms. The van der Waals surface area contributed by atoms with Crippen LogP contribution in [0, 0.1) is 18.3 Å². The molecule has 0 fully saturated rings. The summed E-state index contributed by atoms with van der Waals surface area (Å²) in [7, 11) is 0. The van der Waals surface area contributed by atoms with Gasteiger partial charge in [-0.3, -0.25) is 10.1 Å². The van der Waals surface area contributed by atoms with E-state index >= 15 is 0 Å². The van der Waals surface area contributed by atoms with Gasteiger partial charge in [0.05, 0.1) is 16.8 Å². The predicted molar refractivity (Wildman–Crippen MR) is 98.5 cm³/mol. The number of pyridine rings is 1. The number of rotatable bonds is 3. The van der Waals surface area contributed by atoms with Gasteiger partial charge >= 0.3 is 0 Å². The summed E-state index contributed by atoms with van der Waals surface area (Å²) in [6.45, 7) is 2.01. The third-order valence-electron chi connectivity index (χ3n) is 4.09. The fourth-order valence-corrected chi connectivity index (χ4v) is 2.84. The van der Waals surface area contributed by atoms with E-state index in [2.05, 4.69) is 26.6 Å². The molecule has 2 heterocycles. The molecule has 0 saturated heterocycles. The van der Waals surface area contributed by atoms with E-state index in [4.69, 9.17) is 0 Å². The molecule has 4 aromatic rings. The zero-order chi connectivity index (χ0) is 17.2. The van der Waals surface area contributed by atoms with Crippen molar-refractivity contribution in [2.75, 3.05) is 5.32 Å². The summed E-state index contributed by atoms with van der Waals surface area (Å²) in [4.78, 5) is 4.06. The van der Waals surface area contributed by atoms with Gasteiger partial charge in [-0.05, 0) is 55.0 Å². The van der Waals surface area contributed by atoms with Gasteiger partial charge in [-0.15, -0.1) is 0 Å². The Morgan fingerprint density at radius 3 is 2.68 bits per heavy atom. The molecule has 25 heavy (non-hydrogen) atoms. The largest absolute Gasteiger partial charge is 0.354 e. The lowest BCUT2D eigenvalue weighted by Gasteiger charge is -2.09. The highest BCUT2D eigenvalue weighted by atomic mass is 15.1. The van der Waals surface area contributed by atoms with Gasteiger partial charge in [0.1, 0.15) is 11.8 Å². The van der Waals surface area contributed by atoms with Gasteiger partial charge in [0.25, 0.3) is 0 Å². The Morgan fingerprint density at radius 1 is 1.04 bits per heavy atom. The standard InChI is InChI=1S/C20H15N5/c1-13-2-3-15(12-21)19(10-13)23-16-4-5-18-17(11-16)20(25-24-18)14-6-8-22-9-7-14/h2-11,23H,1H3,(H,24,25).